The van der Waals surface area contributed by atoms with Gasteiger partial charge in [0, 0.05) is 74.8 Å². The number of carbonyl (C=O) groups excluding carboxylic acids is 1. The van der Waals surface area contributed by atoms with Crippen LogP contribution in [0.3, 0.4) is 0 Å². The average molecular weight is 935 g/mol. The van der Waals surface area contributed by atoms with Crippen LogP contribution in [-0.2, 0) is 36.7 Å². The first-order chi connectivity index (χ1) is 25.5. The number of hydrogen-bond acceptors (Lipinski definition) is 5. The third kappa shape index (κ3) is 9.36. The van der Waals surface area contributed by atoms with Gasteiger partial charge in [-0.2, -0.15) is 0 Å². The summed E-state index contributed by atoms with van der Waals surface area (Å²) >= 11 is 1.84. The van der Waals surface area contributed by atoms with Crippen LogP contribution in [0.1, 0.15) is 118 Å². The number of aryl methyl sites for hydroxylation is 1. The standard InChI is InChI=1S/C34H32NOS.C15H28O2.Ir/c1-20(2)15-22-11-12-30-27(16-22)31(21(3)37-30)29-19-24-13-14-35-32(33(24)36-29)25-17-23-9-7-8-10-26(23)28(18-25)34(4,5)6;1-7-14(5,8-2)12(16)11-13(17)15(6,9-3)10-4;/h7-14,16,18-20H,15H2,1-6H3;11,16H,7-10H2,1-6H3;/q-1;;/b;12-11-;. The molecule has 0 atom stereocenters. The van der Waals surface area contributed by atoms with Gasteiger partial charge in [0.2, 0.25) is 0 Å². The van der Waals surface area contributed by atoms with E-state index in [-0.39, 0.29) is 47.9 Å². The van der Waals surface area contributed by atoms with E-state index in [1.54, 1.807) is 0 Å². The van der Waals surface area contributed by atoms with Gasteiger partial charge in [-0.1, -0.05) is 111 Å². The number of aliphatic hydroxyl groups is 1. The topological polar surface area (TPSA) is 63.3 Å². The summed E-state index contributed by atoms with van der Waals surface area (Å²) in [7, 11) is 0. The Labute approximate surface area is 347 Å². The number of nitrogens with zero attached hydrogens (tertiary/aromatic N) is 1. The first kappa shape index (κ1) is 44.1. The molecule has 3 heterocycles. The molecule has 1 radical (unpaired) electrons. The summed E-state index contributed by atoms with van der Waals surface area (Å²) in [5.41, 5.74) is 5.89. The number of rotatable bonds is 11. The number of aliphatic hydroxyl groups excluding tert-OH is 1. The van der Waals surface area contributed by atoms with Gasteiger partial charge >= 0.3 is 0 Å². The zero-order chi connectivity index (χ0) is 39.6. The first-order valence-electron chi connectivity index (χ1n) is 19.8. The maximum Gasteiger partial charge on any atom is 0.164 e. The largest absolute Gasteiger partial charge is 0.512 e. The fourth-order valence-electron chi connectivity index (χ4n) is 7.11. The van der Waals surface area contributed by atoms with E-state index >= 15 is 0 Å². The average Bonchev–Trinajstić information content (AvgIpc) is 3.72. The molecule has 6 rings (SSSR count). The first-order valence-corrected chi connectivity index (χ1v) is 20.6. The maximum atomic E-state index is 12.2. The van der Waals surface area contributed by atoms with Gasteiger partial charge < -0.3 is 9.52 Å². The number of furan rings is 1. The number of pyridine rings is 1. The number of aromatic nitrogens is 1. The van der Waals surface area contributed by atoms with Crippen LogP contribution in [0.4, 0.5) is 0 Å². The smallest absolute Gasteiger partial charge is 0.164 e. The van der Waals surface area contributed by atoms with Crippen LogP contribution >= 0.6 is 11.3 Å². The van der Waals surface area contributed by atoms with E-state index < -0.39 is 0 Å². The Morgan fingerprint density at radius 1 is 0.891 bits per heavy atom. The van der Waals surface area contributed by atoms with Crippen molar-refractivity contribution in [3.05, 3.63) is 101 Å². The van der Waals surface area contributed by atoms with Crippen molar-refractivity contribution in [1.82, 2.24) is 4.98 Å². The molecule has 55 heavy (non-hydrogen) atoms. The normalized spacial score (nSPS) is 12.6. The quantitative estimate of drug-likeness (QED) is 0.0799. The van der Waals surface area contributed by atoms with Gasteiger partial charge in [-0.05, 0) is 80.2 Å². The minimum atomic E-state index is -0.337. The molecule has 295 valence electrons. The Bertz CT molecular complexity index is 2290. The molecule has 0 fully saturated rings. The Morgan fingerprint density at radius 3 is 2.16 bits per heavy atom. The van der Waals surface area contributed by atoms with Crippen LogP contribution < -0.4 is 0 Å². The fourth-order valence-corrected chi connectivity index (χ4v) is 8.16. The SMILES string of the molecule is CCC(C)(CC)C(=O)/C=C(\O)C(C)(CC)CC.Cc1sc2ccc(CC(C)C)cc2c1-c1cc2ccnc(-c3[c-]c4ccccc4c(C(C)(C)C)c3)c2o1.[Ir]. The van der Waals surface area contributed by atoms with Gasteiger partial charge in [-0.25, -0.2) is 0 Å². The van der Waals surface area contributed by atoms with Crippen molar-refractivity contribution in [3.63, 3.8) is 0 Å². The number of allylic oxidation sites excluding steroid dienone is 2. The van der Waals surface area contributed by atoms with Crippen LogP contribution in [-0.4, -0.2) is 15.9 Å². The van der Waals surface area contributed by atoms with Crippen molar-refractivity contribution in [2.45, 2.75) is 121 Å². The van der Waals surface area contributed by atoms with Crippen molar-refractivity contribution in [1.29, 1.82) is 0 Å². The molecular formula is C49H60IrNO3S-. The molecule has 0 unspecified atom stereocenters. The molecule has 0 saturated carbocycles. The van der Waals surface area contributed by atoms with Crippen LogP contribution in [0.2, 0.25) is 0 Å². The van der Waals surface area contributed by atoms with E-state index in [1.165, 1.54) is 43.1 Å². The third-order valence-electron chi connectivity index (χ3n) is 11.7. The third-order valence-corrected chi connectivity index (χ3v) is 12.8. The van der Waals surface area contributed by atoms with Gasteiger partial charge in [0.25, 0.3) is 0 Å². The molecule has 0 aliphatic rings. The summed E-state index contributed by atoms with van der Waals surface area (Å²) < 4.78 is 7.97. The summed E-state index contributed by atoms with van der Waals surface area (Å²) in [6.07, 6.45) is 7.72. The summed E-state index contributed by atoms with van der Waals surface area (Å²) in [6.45, 7) is 25.6. The van der Waals surface area contributed by atoms with Crippen molar-refractivity contribution in [3.8, 4) is 22.6 Å². The van der Waals surface area contributed by atoms with E-state index in [0.717, 1.165) is 65.5 Å². The number of thiophene rings is 1. The molecule has 0 amide bonds. The molecule has 1 N–H and O–H groups in total. The minimum absolute atomic E-state index is 0. The van der Waals surface area contributed by atoms with Crippen molar-refractivity contribution in [2.75, 3.05) is 0 Å². The van der Waals surface area contributed by atoms with Gasteiger partial charge in [0.15, 0.2) is 5.78 Å². The zero-order valence-corrected chi connectivity index (χ0v) is 38.2. The molecule has 0 spiro atoms. The van der Waals surface area contributed by atoms with Crippen molar-refractivity contribution >= 4 is 48.9 Å². The van der Waals surface area contributed by atoms with Gasteiger partial charge in [0.1, 0.15) is 17.1 Å². The number of carbonyl (C=O) groups is 1. The van der Waals surface area contributed by atoms with Gasteiger partial charge in [-0.3, -0.25) is 9.78 Å². The fraction of sp³-hybridized carbons (Fsp3) is 0.429. The maximum absolute atomic E-state index is 12.2. The molecule has 0 saturated heterocycles. The molecule has 6 aromatic rings. The molecule has 4 nitrogen and oxygen atoms in total. The number of fused-ring (bicyclic) bond motifs is 3. The zero-order valence-electron chi connectivity index (χ0n) is 35.0. The Kier molecular flexibility index (Phi) is 14.2. The molecule has 0 aliphatic carbocycles. The second-order valence-corrected chi connectivity index (χ2v) is 18.2. The van der Waals surface area contributed by atoms with Crippen LogP contribution in [0.15, 0.2) is 83.1 Å². The molecular weight excluding hydrogens is 875 g/mol. The van der Waals surface area contributed by atoms with Crippen molar-refractivity contribution in [2.24, 2.45) is 16.7 Å². The number of hydrogen-bond donors (Lipinski definition) is 1. The van der Waals surface area contributed by atoms with E-state index in [9.17, 15) is 9.90 Å². The molecule has 0 aliphatic heterocycles. The van der Waals surface area contributed by atoms with Gasteiger partial charge in [0.05, 0.1) is 0 Å². The second-order valence-electron chi connectivity index (χ2n) is 17.0. The Morgan fingerprint density at radius 2 is 1.55 bits per heavy atom. The molecule has 0 bridgehead atoms. The Hall–Kier alpha value is -3.57. The summed E-state index contributed by atoms with van der Waals surface area (Å²) in [6, 6.07) is 25.5. The molecule has 3 aromatic carbocycles. The van der Waals surface area contributed by atoms with E-state index in [2.05, 4.69) is 102 Å². The van der Waals surface area contributed by atoms with E-state index in [1.807, 2.05) is 65.1 Å². The number of benzene rings is 3. The predicted octanol–water partition coefficient (Wildman–Crippen LogP) is 14.8. The summed E-state index contributed by atoms with van der Waals surface area (Å²) in [4.78, 5) is 18.3. The number of ketones is 1. The van der Waals surface area contributed by atoms with Crippen LogP contribution in [0.5, 0.6) is 0 Å². The second kappa shape index (κ2) is 17.7. The van der Waals surface area contributed by atoms with Crippen LogP contribution in [0, 0.1) is 29.7 Å². The monoisotopic (exact) mass is 935 g/mol. The Balaban J connectivity index is 0.000000320. The van der Waals surface area contributed by atoms with Crippen molar-refractivity contribution < 1.29 is 34.4 Å². The summed E-state index contributed by atoms with van der Waals surface area (Å²) in [5.74, 6) is 1.82. The van der Waals surface area contributed by atoms with E-state index in [0.29, 0.717) is 5.92 Å². The van der Waals surface area contributed by atoms with Crippen LogP contribution in [0.25, 0.3) is 54.4 Å². The summed E-state index contributed by atoms with van der Waals surface area (Å²) in [5, 5.41) is 14.8. The predicted molar refractivity (Wildman–Crippen MR) is 232 cm³/mol. The molecule has 6 heteroatoms. The van der Waals surface area contributed by atoms with E-state index in [4.69, 9.17) is 9.40 Å². The molecule has 3 aromatic heterocycles. The minimum Gasteiger partial charge on any atom is -0.512 e. The van der Waals surface area contributed by atoms with Gasteiger partial charge in [-0.15, -0.1) is 40.5 Å².